The van der Waals surface area contributed by atoms with E-state index < -0.39 is 26.8 Å². The zero-order chi connectivity index (χ0) is 15.5. The average Bonchev–Trinajstić information content (AvgIpc) is 2.44. The Hall–Kier alpha value is -0.490. The van der Waals surface area contributed by atoms with Crippen LogP contribution in [0.4, 0.5) is 4.79 Å². The number of methoxy groups -OCH3 is 1. The lowest BCUT2D eigenvalue weighted by Gasteiger charge is -2.26. The minimum Gasteiger partial charge on any atom is -0.452 e. The molecule has 1 heterocycles. The second-order valence-corrected chi connectivity index (χ2v) is 6.41. The Morgan fingerprint density at radius 1 is 1.35 bits per heavy atom. The Balaban J connectivity index is 2.99. The highest BCUT2D eigenvalue weighted by Gasteiger charge is 2.46. The molecule has 5 nitrogen and oxygen atoms in total. The van der Waals surface area contributed by atoms with Crippen molar-refractivity contribution in [3.63, 3.8) is 0 Å². The standard InChI is InChI=1S/C11H11Cl4NO4/c1-20-10(19)16-4-2-3-6(5-16)7(17)11(14,15)8(18)9(12)13/h5,9H,2-4H2,1H3. The fourth-order valence-electron chi connectivity index (χ4n) is 1.64. The highest BCUT2D eigenvalue weighted by molar-refractivity contribution is 6.74. The van der Waals surface area contributed by atoms with Gasteiger partial charge in [-0.1, -0.05) is 46.4 Å². The van der Waals surface area contributed by atoms with Crippen molar-refractivity contribution in [3.05, 3.63) is 11.8 Å². The second kappa shape index (κ2) is 6.98. The van der Waals surface area contributed by atoms with E-state index in [1.807, 2.05) is 0 Å². The van der Waals surface area contributed by atoms with Crippen LogP contribution in [0.25, 0.3) is 0 Å². The summed E-state index contributed by atoms with van der Waals surface area (Å²) in [6.45, 7) is 0.391. The molecule has 0 spiro atoms. The molecule has 20 heavy (non-hydrogen) atoms. The number of alkyl halides is 4. The predicted molar refractivity (Wildman–Crippen MR) is 76.4 cm³/mol. The van der Waals surface area contributed by atoms with E-state index in [9.17, 15) is 14.4 Å². The summed E-state index contributed by atoms with van der Waals surface area (Å²) in [7, 11) is 1.22. The van der Waals surface area contributed by atoms with Crippen molar-refractivity contribution in [2.45, 2.75) is 22.0 Å². The molecule has 0 unspecified atom stereocenters. The van der Waals surface area contributed by atoms with Crippen LogP contribution in [0.1, 0.15) is 12.8 Å². The van der Waals surface area contributed by atoms with E-state index in [0.717, 1.165) is 0 Å². The first-order valence-electron chi connectivity index (χ1n) is 5.52. The summed E-state index contributed by atoms with van der Waals surface area (Å²) in [6.07, 6.45) is 1.48. The quantitative estimate of drug-likeness (QED) is 0.569. The molecule has 9 heteroatoms. The van der Waals surface area contributed by atoms with Crippen molar-refractivity contribution in [1.82, 2.24) is 4.90 Å². The maximum atomic E-state index is 12.2. The molecule has 1 rings (SSSR count). The number of Topliss-reactive ketones (excluding diaryl/α,β-unsaturated/α-hetero) is 2. The van der Waals surface area contributed by atoms with E-state index in [2.05, 4.69) is 4.74 Å². The van der Waals surface area contributed by atoms with Crippen molar-refractivity contribution in [1.29, 1.82) is 0 Å². The SMILES string of the molecule is COC(=O)N1C=C(C(=O)C(Cl)(Cl)C(=O)C(Cl)Cl)CCC1. The highest BCUT2D eigenvalue weighted by Crippen LogP contribution is 2.33. The number of rotatable bonds is 4. The first kappa shape index (κ1) is 17.6. The predicted octanol–water partition coefficient (Wildman–Crippen LogP) is 2.85. The third-order valence-corrected chi connectivity index (χ3v) is 3.76. The van der Waals surface area contributed by atoms with Crippen LogP contribution in [0.15, 0.2) is 11.8 Å². The minimum absolute atomic E-state index is 0.133. The van der Waals surface area contributed by atoms with Gasteiger partial charge in [-0.15, -0.1) is 0 Å². The van der Waals surface area contributed by atoms with Gasteiger partial charge in [0.2, 0.25) is 15.9 Å². The molecule has 0 radical (unpaired) electrons. The van der Waals surface area contributed by atoms with Crippen LogP contribution in [0, 0.1) is 0 Å². The maximum absolute atomic E-state index is 12.2. The number of carbonyl (C=O) groups is 3. The van der Waals surface area contributed by atoms with Gasteiger partial charge < -0.3 is 4.74 Å². The van der Waals surface area contributed by atoms with Gasteiger partial charge in [-0.05, 0) is 12.8 Å². The van der Waals surface area contributed by atoms with E-state index in [0.29, 0.717) is 19.4 Å². The summed E-state index contributed by atoms with van der Waals surface area (Å²) in [6, 6.07) is 0. The molecule has 0 bridgehead atoms. The number of ether oxygens (including phenoxy) is 1. The van der Waals surface area contributed by atoms with Crippen LogP contribution >= 0.6 is 46.4 Å². The Kier molecular flexibility index (Phi) is 6.13. The molecule has 0 N–H and O–H groups in total. The van der Waals surface area contributed by atoms with Crippen LogP contribution in [0.2, 0.25) is 0 Å². The Labute approximate surface area is 135 Å². The summed E-state index contributed by atoms with van der Waals surface area (Å²) in [5.41, 5.74) is 0.133. The minimum atomic E-state index is -2.38. The highest BCUT2D eigenvalue weighted by atomic mass is 35.5. The molecule has 0 aromatic heterocycles. The van der Waals surface area contributed by atoms with Gasteiger partial charge in [0, 0.05) is 18.3 Å². The first-order valence-corrected chi connectivity index (χ1v) is 7.15. The summed E-state index contributed by atoms with van der Waals surface area (Å²) in [4.78, 5) is 34.9. The van der Waals surface area contributed by atoms with Crippen LogP contribution < -0.4 is 0 Å². The van der Waals surface area contributed by atoms with Crippen molar-refractivity contribution in [2.24, 2.45) is 0 Å². The number of ketones is 2. The Morgan fingerprint density at radius 3 is 2.45 bits per heavy atom. The van der Waals surface area contributed by atoms with Crippen molar-refractivity contribution in [2.75, 3.05) is 13.7 Å². The molecule has 0 aromatic carbocycles. The van der Waals surface area contributed by atoms with Crippen molar-refractivity contribution < 1.29 is 19.1 Å². The second-order valence-electron chi connectivity index (χ2n) is 3.99. The molecular formula is C11H11Cl4NO4. The number of carbonyl (C=O) groups excluding carboxylic acids is 3. The molecule has 1 amide bonds. The fraction of sp³-hybridized carbons (Fsp3) is 0.545. The maximum Gasteiger partial charge on any atom is 0.413 e. The van der Waals surface area contributed by atoms with Crippen molar-refractivity contribution >= 4 is 64.1 Å². The lowest BCUT2D eigenvalue weighted by atomic mass is 9.99. The lowest BCUT2D eigenvalue weighted by molar-refractivity contribution is -0.125. The third-order valence-electron chi connectivity index (χ3n) is 2.65. The zero-order valence-corrected chi connectivity index (χ0v) is 13.4. The van der Waals surface area contributed by atoms with E-state index in [1.165, 1.54) is 18.2 Å². The van der Waals surface area contributed by atoms with E-state index in [4.69, 9.17) is 46.4 Å². The first-order chi connectivity index (χ1) is 9.21. The molecule has 1 aliphatic heterocycles. The fourth-order valence-corrected chi connectivity index (χ4v) is 2.65. The zero-order valence-electron chi connectivity index (χ0n) is 10.4. The number of amides is 1. The van der Waals surface area contributed by atoms with Gasteiger partial charge in [0.15, 0.2) is 4.84 Å². The monoisotopic (exact) mass is 361 g/mol. The van der Waals surface area contributed by atoms with Crippen LogP contribution in [0.5, 0.6) is 0 Å². The molecule has 0 saturated heterocycles. The normalized spacial score (nSPS) is 15.9. The molecule has 0 fully saturated rings. The van der Waals surface area contributed by atoms with Crippen LogP contribution in [-0.4, -0.2) is 45.4 Å². The molecule has 0 atom stereocenters. The smallest absolute Gasteiger partial charge is 0.413 e. The van der Waals surface area contributed by atoms with E-state index in [1.54, 1.807) is 0 Å². The Bertz CT molecular complexity index is 461. The van der Waals surface area contributed by atoms with E-state index in [-0.39, 0.29) is 5.57 Å². The largest absolute Gasteiger partial charge is 0.452 e. The molecule has 0 saturated carbocycles. The molecule has 1 aliphatic rings. The van der Waals surface area contributed by atoms with Gasteiger partial charge >= 0.3 is 6.09 Å². The third kappa shape index (κ3) is 3.79. The summed E-state index contributed by atoms with van der Waals surface area (Å²) in [5, 5.41) is 0. The summed E-state index contributed by atoms with van der Waals surface area (Å²) < 4.78 is 2.17. The molecule has 112 valence electrons. The van der Waals surface area contributed by atoms with Gasteiger partial charge in [0.05, 0.1) is 7.11 Å². The number of allylic oxidation sites excluding steroid dienone is 1. The van der Waals surface area contributed by atoms with Gasteiger partial charge in [0.25, 0.3) is 0 Å². The molecule has 0 aromatic rings. The Morgan fingerprint density at radius 2 is 1.95 bits per heavy atom. The number of hydrogen-bond donors (Lipinski definition) is 0. The lowest BCUT2D eigenvalue weighted by Crippen LogP contribution is -2.41. The summed E-state index contributed by atoms with van der Waals surface area (Å²) >= 11 is 22.3. The van der Waals surface area contributed by atoms with Gasteiger partial charge in [-0.3, -0.25) is 14.5 Å². The van der Waals surface area contributed by atoms with Gasteiger partial charge in [-0.25, -0.2) is 4.79 Å². The number of halogens is 4. The van der Waals surface area contributed by atoms with Crippen LogP contribution in [0.3, 0.4) is 0 Å². The molecular weight excluding hydrogens is 352 g/mol. The van der Waals surface area contributed by atoms with Gasteiger partial charge in [0.1, 0.15) is 0 Å². The van der Waals surface area contributed by atoms with E-state index >= 15 is 0 Å². The topological polar surface area (TPSA) is 63.7 Å². The molecule has 0 aliphatic carbocycles. The van der Waals surface area contributed by atoms with Crippen LogP contribution in [-0.2, 0) is 14.3 Å². The summed E-state index contributed by atoms with van der Waals surface area (Å²) in [5.74, 6) is -1.86. The number of nitrogens with zero attached hydrogens (tertiary/aromatic N) is 1. The van der Waals surface area contributed by atoms with Gasteiger partial charge in [-0.2, -0.15) is 0 Å². The average molecular weight is 363 g/mol. The number of hydrogen-bond acceptors (Lipinski definition) is 4. The van der Waals surface area contributed by atoms with Crippen molar-refractivity contribution in [3.8, 4) is 0 Å².